The lowest BCUT2D eigenvalue weighted by Crippen LogP contribution is -2.69. The largest absolute Gasteiger partial charge is 0.179 e. The molecule has 3 aromatic carbocycles. The van der Waals surface area contributed by atoms with Gasteiger partial charge in [-0.05, 0) is 151 Å². The van der Waals surface area contributed by atoms with Crippen molar-refractivity contribution < 1.29 is 0 Å². The SMILES string of the molecule is CCCCCCc1cc(CCCCCC)cc([Si](C2=C(C)CC=C2C)(c2cc(CCCCCC)cc(CCCCCC)c2)c2cc(CCCCCC)cc(CCCCCC)c2)c1. The summed E-state index contributed by atoms with van der Waals surface area (Å²) in [5.41, 5.74) is 12.8. The molecule has 0 fully saturated rings. The van der Waals surface area contributed by atoms with E-state index in [1.807, 2.05) is 0 Å². The summed E-state index contributed by atoms with van der Waals surface area (Å²) >= 11 is 0. The lowest BCUT2D eigenvalue weighted by Gasteiger charge is -2.39. The summed E-state index contributed by atoms with van der Waals surface area (Å²) < 4.78 is 0. The predicted molar refractivity (Wildman–Crippen MR) is 282 cm³/mol. The van der Waals surface area contributed by atoms with Crippen LogP contribution in [0.5, 0.6) is 0 Å². The molecular weight excluding hydrogens is 761 g/mol. The first-order chi connectivity index (χ1) is 30.3. The smallest absolute Gasteiger partial charge is 0.0776 e. The molecule has 62 heavy (non-hydrogen) atoms. The summed E-state index contributed by atoms with van der Waals surface area (Å²) in [6, 6.07) is 24.7. The Kier molecular flexibility index (Phi) is 24.9. The molecule has 0 aliphatic heterocycles. The van der Waals surface area contributed by atoms with Crippen molar-refractivity contribution in [2.75, 3.05) is 0 Å². The van der Waals surface area contributed by atoms with E-state index in [1.54, 1.807) is 65.3 Å². The zero-order valence-electron chi connectivity index (χ0n) is 42.2. The van der Waals surface area contributed by atoms with Gasteiger partial charge in [0.05, 0.1) is 0 Å². The normalized spacial score (nSPS) is 13.1. The number of rotatable bonds is 34. The van der Waals surface area contributed by atoms with E-state index in [9.17, 15) is 0 Å². The minimum atomic E-state index is -2.82. The first-order valence-corrected chi connectivity index (χ1v) is 29.1. The lowest BCUT2D eigenvalue weighted by molar-refractivity contribution is 0.661. The predicted octanol–water partition coefficient (Wildman–Crippen LogP) is 17.1. The third-order valence-electron chi connectivity index (χ3n) is 14.3. The van der Waals surface area contributed by atoms with E-state index < -0.39 is 8.07 Å². The third-order valence-corrected chi connectivity index (χ3v) is 19.3. The van der Waals surface area contributed by atoms with Crippen LogP contribution >= 0.6 is 0 Å². The first-order valence-electron chi connectivity index (χ1n) is 27.1. The number of unbranched alkanes of at least 4 members (excludes halogenated alkanes) is 18. The van der Waals surface area contributed by atoms with Gasteiger partial charge < -0.3 is 0 Å². The Morgan fingerprint density at radius 1 is 0.323 bits per heavy atom. The maximum Gasteiger partial charge on any atom is 0.179 e. The molecule has 1 aliphatic rings. The Labute approximate surface area is 386 Å². The van der Waals surface area contributed by atoms with Gasteiger partial charge in [-0.1, -0.05) is 229 Å². The molecule has 0 atom stereocenters. The van der Waals surface area contributed by atoms with E-state index in [-0.39, 0.29) is 0 Å². The van der Waals surface area contributed by atoms with Gasteiger partial charge in [-0.2, -0.15) is 0 Å². The lowest BCUT2D eigenvalue weighted by atomic mass is 10.00. The Morgan fingerprint density at radius 3 is 0.758 bits per heavy atom. The van der Waals surface area contributed by atoms with E-state index >= 15 is 0 Å². The van der Waals surface area contributed by atoms with Crippen molar-refractivity contribution in [3.63, 3.8) is 0 Å². The average molecular weight is 858 g/mol. The van der Waals surface area contributed by atoms with Crippen molar-refractivity contribution in [3.8, 4) is 0 Å². The molecule has 0 aromatic heterocycles. The van der Waals surface area contributed by atoms with Crippen LogP contribution in [-0.4, -0.2) is 8.07 Å². The van der Waals surface area contributed by atoms with Crippen molar-refractivity contribution in [3.05, 3.63) is 110 Å². The molecule has 0 N–H and O–H groups in total. The molecule has 0 bridgehead atoms. The number of hydrogen-bond donors (Lipinski definition) is 0. The van der Waals surface area contributed by atoms with E-state index in [0.717, 1.165) is 6.42 Å². The third kappa shape index (κ3) is 16.1. The molecule has 0 nitrogen and oxygen atoms in total. The van der Waals surface area contributed by atoms with Gasteiger partial charge in [0, 0.05) is 0 Å². The molecule has 1 heteroatoms. The van der Waals surface area contributed by atoms with E-state index in [2.05, 4.69) is 116 Å². The van der Waals surface area contributed by atoms with Crippen molar-refractivity contribution in [1.82, 2.24) is 0 Å². The molecule has 344 valence electrons. The molecule has 0 amide bonds. The molecule has 0 spiro atoms. The van der Waals surface area contributed by atoms with Crippen molar-refractivity contribution >= 4 is 23.6 Å². The number of aryl methyl sites for hydroxylation is 6. The Balaban J connectivity index is 2.14. The van der Waals surface area contributed by atoms with Gasteiger partial charge in [0.1, 0.15) is 0 Å². The molecule has 0 saturated heterocycles. The second kappa shape index (κ2) is 29.7. The molecule has 0 unspecified atom stereocenters. The van der Waals surface area contributed by atoms with Gasteiger partial charge in [0.15, 0.2) is 8.07 Å². The number of allylic oxidation sites excluding steroid dienone is 4. The van der Waals surface area contributed by atoms with Crippen LogP contribution in [0.1, 0.15) is 249 Å². The Bertz CT molecular complexity index is 1500. The van der Waals surface area contributed by atoms with Crippen LogP contribution in [0.2, 0.25) is 0 Å². The van der Waals surface area contributed by atoms with Crippen LogP contribution in [0.25, 0.3) is 0 Å². The van der Waals surface area contributed by atoms with Crippen LogP contribution in [0, 0.1) is 0 Å². The molecular formula is C61H96Si. The minimum Gasteiger partial charge on any atom is -0.0776 e. The van der Waals surface area contributed by atoms with Crippen molar-refractivity contribution in [2.24, 2.45) is 0 Å². The van der Waals surface area contributed by atoms with Gasteiger partial charge in [0.25, 0.3) is 0 Å². The zero-order chi connectivity index (χ0) is 44.4. The molecule has 1 aliphatic carbocycles. The first kappa shape index (κ1) is 52.0. The standard InChI is InChI=1S/C61H96Si/c1-9-15-21-27-33-52-41-53(34-28-22-16-10-2)45-58(44-52)62(61-50(7)39-40-51(61)8,59-46-54(35-29-23-17-11-3)42-55(47-59)36-30-24-18-12-4)60-48-56(37-31-25-19-13-5)43-57(49-60)38-32-26-20-14-6/h39,41-49H,9-38,40H2,1-8H3. The number of hydrogen-bond acceptors (Lipinski definition) is 0. The second-order valence-electron chi connectivity index (χ2n) is 20.0. The summed E-state index contributed by atoms with van der Waals surface area (Å²) in [7, 11) is -2.82. The van der Waals surface area contributed by atoms with Gasteiger partial charge in [-0.3, -0.25) is 0 Å². The quantitative estimate of drug-likeness (QED) is 0.0319. The van der Waals surface area contributed by atoms with Gasteiger partial charge in [0.2, 0.25) is 0 Å². The molecule has 0 heterocycles. The molecule has 3 aromatic rings. The fourth-order valence-corrected chi connectivity index (χ4v) is 16.4. The second-order valence-corrected chi connectivity index (χ2v) is 23.7. The van der Waals surface area contributed by atoms with Crippen LogP contribution < -0.4 is 15.6 Å². The highest BCUT2D eigenvalue weighted by Gasteiger charge is 2.46. The summed E-state index contributed by atoms with van der Waals surface area (Å²) in [6.07, 6.45) is 42.6. The highest BCUT2D eigenvalue weighted by atomic mass is 28.3. The minimum absolute atomic E-state index is 1.09. The maximum absolute atomic E-state index is 2.82. The molecule has 4 rings (SSSR count). The maximum atomic E-state index is 2.79. The number of benzene rings is 3. The van der Waals surface area contributed by atoms with E-state index in [1.165, 1.54) is 193 Å². The van der Waals surface area contributed by atoms with Gasteiger partial charge in [-0.15, -0.1) is 0 Å². The molecule has 0 radical (unpaired) electrons. The Hall–Kier alpha value is -2.64. The topological polar surface area (TPSA) is 0 Å². The van der Waals surface area contributed by atoms with Gasteiger partial charge >= 0.3 is 0 Å². The Morgan fingerprint density at radius 2 is 0.565 bits per heavy atom. The summed E-state index contributed by atoms with van der Waals surface area (Å²) in [4.78, 5) is 0. The van der Waals surface area contributed by atoms with Gasteiger partial charge in [-0.25, -0.2) is 0 Å². The highest BCUT2D eigenvalue weighted by Crippen LogP contribution is 2.35. The monoisotopic (exact) mass is 857 g/mol. The van der Waals surface area contributed by atoms with Crippen LogP contribution in [0.15, 0.2) is 77.0 Å². The summed E-state index contributed by atoms with van der Waals surface area (Å²) in [5, 5.41) is 6.78. The average Bonchev–Trinajstić information content (AvgIpc) is 3.61. The fraction of sp³-hybridized carbons (Fsp3) is 0.639. The van der Waals surface area contributed by atoms with E-state index in [4.69, 9.17) is 0 Å². The van der Waals surface area contributed by atoms with Crippen molar-refractivity contribution in [1.29, 1.82) is 0 Å². The molecule has 0 saturated carbocycles. The van der Waals surface area contributed by atoms with Crippen molar-refractivity contribution in [2.45, 2.75) is 254 Å². The van der Waals surface area contributed by atoms with E-state index in [0.29, 0.717) is 0 Å². The summed E-state index contributed by atoms with van der Waals surface area (Å²) in [5.74, 6) is 0. The van der Waals surface area contributed by atoms with Crippen LogP contribution in [0.4, 0.5) is 0 Å². The zero-order valence-corrected chi connectivity index (χ0v) is 43.2. The van der Waals surface area contributed by atoms with Crippen LogP contribution in [-0.2, 0) is 38.5 Å². The van der Waals surface area contributed by atoms with Crippen LogP contribution in [0.3, 0.4) is 0 Å². The summed E-state index contributed by atoms with van der Waals surface area (Å²) in [6.45, 7) is 19.1. The highest BCUT2D eigenvalue weighted by molar-refractivity contribution is 7.16. The fourth-order valence-electron chi connectivity index (χ4n) is 10.7.